The molecule has 20 heavy (non-hydrogen) atoms. The lowest BCUT2D eigenvalue weighted by atomic mass is 10.2. The molecular formula is C14H21ClN2O3. The van der Waals surface area contributed by atoms with Gasteiger partial charge in [-0.3, -0.25) is 4.79 Å². The van der Waals surface area contributed by atoms with Crippen molar-refractivity contribution in [1.82, 2.24) is 0 Å². The molecule has 0 aliphatic carbocycles. The van der Waals surface area contributed by atoms with Crippen LogP contribution in [0.3, 0.4) is 0 Å². The summed E-state index contributed by atoms with van der Waals surface area (Å²) in [5.74, 6) is 0.475. The van der Waals surface area contributed by atoms with Crippen molar-refractivity contribution in [2.24, 2.45) is 5.73 Å². The van der Waals surface area contributed by atoms with Crippen LogP contribution in [0.15, 0.2) is 18.2 Å². The average Bonchev–Trinajstić information content (AvgIpc) is 2.43. The Kier molecular flexibility index (Phi) is 8.02. The van der Waals surface area contributed by atoms with Gasteiger partial charge in [0.05, 0.1) is 12.3 Å². The number of amides is 1. The molecule has 0 saturated carbocycles. The number of nitrogens with one attached hydrogen (secondary N) is 1. The number of halogens is 1. The number of hydrogen-bond acceptors (Lipinski definition) is 4. The Morgan fingerprint density at radius 1 is 1.40 bits per heavy atom. The van der Waals surface area contributed by atoms with Crippen molar-refractivity contribution in [3.05, 3.63) is 23.2 Å². The Bertz CT molecular complexity index is 427. The van der Waals surface area contributed by atoms with Crippen molar-refractivity contribution >= 4 is 23.2 Å². The molecule has 0 aliphatic heterocycles. The second-order valence-electron chi connectivity index (χ2n) is 4.13. The van der Waals surface area contributed by atoms with Crippen molar-refractivity contribution in [2.45, 2.75) is 19.8 Å². The zero-order valence-corrected chi connectivity index (χ0v) is 12.4. The summed E-state index contributed by atoms with van der Waals surface area (Å²) in [4.78, 5) is 11.7. The highest BCUT2D eigenvalue weighted by Crippen LogP contribution is 2.28. The topological polar surface area (TPSA) is 73.6 Å². The van der Waals surface area contributed by atoms with E-state index >= 15 is 0 Å². The van der Waals surface area contributed by atoms with Gasteiger partial charge in [0.25, 0.3) is 0 Å². The van der Waals surface area contributed by atoms with Gasteiger partial charge in [-0.25, -0.2) is 0 Å². The molecule has 0 bridgehead atoms. The quantitative estimate of drug-likeness (QED) is 0.687. The summed E-state index contributed by atoms with van der Waals surface area (Å²) in [5.41, 5.74) is 5.94. The molecule has 5 nitrogen and oxygen atoms in total. The molecule has 0 aliphatic rings. The maximum Gasteiger partial charge on any atom is 0.224 e. The summed E-state index contributed by atoms with van der Waals surface area (Å²) >= 11 is 5.94. The fourth-order valence-corrected chi connectivity index (χ4v) is 1.73. The lowest BCUT2D eigenvalue weighted by molar-refractivity contribution is -0.116. The minimum Gasteiger partial charge on any atom is -0.489 e. The number of benzene rings is 1. The second-order valence-corrected chi connectivity index (χ2v) is 4.56. The first-order valence-electron chi connectivity index (χ1n) is 6.67. The van der Waals surface area contributed by atoms with Crippen molar-refractivity contribution in [3.8, 4) is 5.75 Å². The highest BCUT2D eigenvalue weighted by Gasteiger charge is 2.08. The van der Waals surface area contributed by atoms with Gasteiger partial charge < -0.3 is 20.5 Å². The van der Waals surface area contributed by atoms with E-state index in [-0.39, 0.29) is 5.91 Å². The smallest absolute Gasteiger partial charge is 0.224 e. The highest BCUT2D eigenvalue weighted by molar-refractivity contribution is 6.31. The summed E-state index contributed by atoms with van der Waals surface area (Å²) < 4.78 is 10.8. The summed E-state index contributed by atoms with van der Waals surface area (Å²) in [6, 6.07) is 5.11. The van der Waals surface area contributed by atoms with E-state index in [2.05, 4.69) is 5.32 Å². The van der Waals surface area contributed by atoms with Gasteiger partial charge in [0.15, 0.2) is 0 Å². The van der Waals surface area contributed by atoms with Crippen LogP contribution in [0.4, 0.5) is 5.69 Å². The van der Waals surface area contributed by atoms with E-state index in [4.69, 9.17) is 26.8 Å². The second kappa shape index (κ2) is 9.58. The fourth-order valence-electron chi connectivity index (χ4n) is 1.56. The molecule has 0 unspecified atom stereocenters. The molecule has 0 atom stereocenters. The van der Waals surface area contributed by atoms with Crippen LogP contribution < -0.4 is 15.8 Å². The summed E-state index contributed by atoms with van der Waals surface area (Å²) in [5, 5.41) is 3.32. The fraction of sp³-hybridized carbons (Fsp3) is 0.500. The van der Waals surface area contributed by atoms with Gasteiger partial charge in [0.2, 0.25) is 5.91 Å². The molecule has 6 heteroatoms. The lowest BCUT2D eigenvalue weighted by Gasteiger charge is -2.13. The van der Waals surface area contributed by atoms with Gasteiger partial charge in [0.1, 0.15) is 12.4 Å². The van der Waals surface area contributed by atoms with Crippen LogP contribution in [0, 0.1) is 0 Å². The molecule has 0 fully saturated rings. The molecular weight excluding hydrogens is 280 g/mol. The van der Waals surface area contributed by atoms with Gasteiger partial charge in [-0.1, -0.05) is 11.6 Å². The molecule has 112 valence electrons. The number of nitrogens with two attached hydrogens (primary N) is 1. The molecule has 1 rings (SSSR count). The molecule has 3 N–H and O–H groups in total. The third-order valence-electron chi connectivity index (χ3n) is 2.51. The third kappa shape index (κ3) is 6.23. The minimum absolute atomic E-state index is 0.104. The van der Waals surface area contributed by atoms with E-state index < -0.39 is 0 Å². The van der Waals surface area contributed by atoms with E-state index in [1.165, 1.54) is 0 Å². The number of rotatable bonds is 9. The molecule has 1 amide bonds. The van der Waals surface area contributed by atoms with E-state index in [1.54, 1.807) is 18.2 Å². The van der Waals surface area contributed by atoms with Crippen LogP contribution in [0.5, 0.6) is 5.75 Å². The zero-order chi connectivity index (χ0) is 14.8. The van der Waals surface area contributed by atoms with Crippen LogP contribution in [0.2, 0.25) is 5.02 Å². The van der Waals surface area contributed by atoms with Gasteiger partial charge in [-0.2, -0.15) is 0 Å². The molecule has 0 heterocycles. The highest BCUT2D eigenvalue weighted by atomic mass is 35.5. The first-order chi connectivity index (χ1) is 9.67. The van der Waals surface area contributed by atoms with Gasteiger partial charge in [-0.15, -0.1) is 0 Å². The van der Waals surface area contributed by atoms with Crippen LogP contribution in [0.1, 0.15) is 19.8 Å². The predicted octanol–water partition coefficient (Wildman–Crippen LogP) is 2.43. The number of ether oxygens (including phenoxy) is 2. The standard InChI is InChI=1S/C14H21ClN2O3/c1-2-19-8-9-20-13-6-5-11(15)10-12(13)17-14(18)4-3-7-16/h5-6,10H,2-4,7-9,16H2,1H3,(H,17,18). The van der Waals surface area contributed by atoms with Crippen molar-refractivity contribution in [1.29, 1.82) is 0 Å². The van der Waals surface area contributed by atoms with Crippen LogP contribution in [-0.2, 0) is 9.53 Å². The van der Waals surface area contributed by atoms with E-state index in [1.807, 2.05) is 6.92 Å². The Morgan fingerprint density at radius 3 is 2.90 bits per heavy atom. The molecule has 1 aromatic rings. The number of anilines is 1. The summed E-state index contributed by atoms with van der Waals surface area (Å²) in [7, 11) is 0. The average molecular weight is 301 g/mol. The lowest BCUT2D eigenvalue weighted by Crippen LogP contribution is -2.15. The van der Waals surface area contributed by atoms with E-state index in [0.29, 0.717) is 55.7 Å². The summed E-state index contributed by atoms with van der Waals surface area (Å²) in [6.45, 7) is 3.97. The van der Waals surface area contributed by atoms with Gasteiger partial charge >= 0.3 is 0 Å². The maximum absolute atomic E-state index is 11.7. The Balaban J connectivity index is 2.62. The maximum atomic E-state index is 11.7. The number of hydrogen-bond donors (Lipinski definition) is 2. The van der Waals surface area contributed by atoms with E-state index in [9.17, 15) is 4.79 Å². The Morgan fingerprint density at radius 2 is 2.20 bits per heavy atom. The van der Waals surface area contributed by atoms with Crippen molar-refractivity contribution < 1.29 is 14.3 Å². The number of carbonyl (C=O) groups is 1. The normalized spacial score (nSPS) is 10.3. The predicted molar refractivity (Wildman–Crippen MR) is 80.4 cm³/mol. The Labute approximate surface area is 124 Å². The molecule has 1 aromatic carbocycles. The molecule has 0 radical (unpaired) electrons. The van der Waals surface area contributed by atoms with Crippen LogP contribution >= 0.6 is 11.6 Å². The monoisotopic (exact) mass is 300 g/mol. The van der Waals surface area contributed by atoms with Crippen molar-refractivity contribution in [3.63, 3.8) is 0 Å². The van der Waals surface area contributed by atoms with Crippen molar-refractivity contribution in [2.75, 3.05) is 31.7 Å². The largest absolute Gasteiger partial charge is 0.489 e. The summed E-state index contributed by atoms with van der Waals surface area (Å²) in [6.07, 6.45) is 1.02. The third-order valence-corrected chi connectivity index (χ3v) is 2.75. The molecule has 0 saturated heterocycles. The molecule has 0 spiro atoms. The zero-order valence-electron chi connectivity index (χ0n) is 11.7. The van der Waals surface area contributed by atoms with Gasteiger partial charge in [0, 0.05) is 18.1 Å². The van der Waals surface area contributed by atoms with Gasteiger partial charge in [-0.05, 0) is 38.1 Å². The minimum atomic E-state index is -0.104. The van der Waals surface area contributed by atoms with E-state index in [0.717, 1.165) is 0 Å². The number of carbonyl (C=O) groups excluding carboxylic acids is 1. The Hall–Kier alpha value is -1.30. The van der Waals surface area contributed by atoms with Crippen LogP contribution in [-0.4, -0.2) is 32.3 Å². The SMILES string of the molecule is CCOCCOc1ccc(Cl)cc1NC(=O)CCCN. The first kappa shape index (κ1) is 16.8. The first-order valence-corrected chi connectivity index (χ1v) is 7.05. The molecule has 0 aromatic heterocycles. The van der Waals surface area contributed by atoms with Crippen LogP contribution in [0.25, 0.3) is 0 Å².